The van der Waals surface area contributed by atoms with Gasteiger partial charge in [0.1, 0.15) is 5.82 Å². The van der Waals surface area contributed by atoms with Crippen molar-refractivity contribution < 1.29 is 31.9 Å². The van der Waals surface area contributed by atoms with Crippen LogP contribution in [0, 0.1) is 19.7 Å². The van der Waals surface area contributed by atoms with Crippen molar-refractivity contribution in [2.75, 3.05) is 6.61 Å². The SMILES string of the molecule is CCOC(=O)C1=C(C(F)(F)F)N=C2SC=C(CC(=O)NCc3ccc(F)cc3)N2C1c1cc(C)ccc1C. The van der Waals surface area contributed by atoms with Gasteiger partial charge in [0.25, 0.3) is 0 Å². The average Bonchev–Trinajstić information content (AvgIpc) is 3.26. The third kappa shape index (κ3) is 5.77. The Morgan fingerprint density at radius 2 is 1.84 bits per heavy atom. The van der Waals surface area contributed by atoms with Gasteiger partial charge in [0.05, 0.1) is 24.6 Å². The second-order valence-corrected chi connectivity index (χ2v) is 9.65. The highest BCUT2D eigenvalue weighted by molar-refractivity contribution is 8.16. The second-order valence-electron chi connectivity index (χ2n) is 8.81. The normalized spacial score (nSPS) is 17.1. The highest BCUT2D eigenvalue weighted by Crippen LogP contribution is 2.48. The fraction of sp³-hybridized carbons (Fsp3) is 0.296. The lowest BCUT2D eigenvalue weighted by molar-refractivity contribution is -0.140. The van der Waals surface area contributed by atoms with Crippen molar-refractivity contribution in [1.82, 2.24) is 10.2 Å². The molecule has 200 valence electrons. The second kappa shape index (κ2) is 11.0. The van der Waals surface area contributed by atoms with Crippen LogP contribution in [0.3, 0.4) is 0 Å². The van der Waals surface area contributed by atoms with Gasteiger partial charge in [-0.05, 0) is 55.0 Å². The molecule has 38 heavy (non-hydrogen) atoms. The maximum atomic E-state index is 14.2. The van der Waals surface area contributed by atoms with Crippen LogP contribution in [0.5, 0.6) is 0 Å². The number of hydrogen-bond acceptors (Lipinski definition) is 6. The number of amides is 1. The van der Waals surface area contributed by atoms with E-state index in [1.165, 1.54) is 24.0 Å². The number of amidine groups is 1. The molecule has 11 heteroatoms. The van der Waals surface area contributed by atoms with Gasteiger partial charge in [-0.1, -0.05) is 47.7 Å². The average molecular weight is 548 g/mol. The topological polar surface area (TPSA) is 71.0 Å². The molecule has 0 spiro atoms. The summed E-state index contributed by atoms with van der Waals surface area (Å²) < 4.78 is 60.8. The summed E-state index contributed by atoms with van der Waals surface area (Å²) in [6.45, 7) is 5.09. The Kier molecular flexibility index (Phi) is 7.96. The predicted octanol–water partition coefficient (Wildman–Crippen LogP) is 5.83. The number of ether oxygens (including phenoxy) is 1. The fourth-order valence-electron chi connectivity index (χ4n) is 4.27. The zero-order valence-corrected chi connectivity index (χ0v) is 21.7. The van der Waals surface area contributed by atoms with E-state index in [-0.39, 0.29) is 24.7 Å². The van der Waals surface area contributed by atoms with Crippen molar-refractivity contribution in [3.8, 4) is 0 Å². The number of nitrogens with one attached hydrogen (secondary N) is 1. The van der Waals surface area contributed by atoms with E-state index in [0.717, 1.165) is 17.3 Å². The molecule has 1 N–H and O–H groups in total. The summed E-state index contributed by atoms with van der Waals surface area (Å²) in [5.41, 5.74) is 1.07. The number of carbonyl (C=O) groups is 2. The molecule has 2 aliphatic heterocycles. The highest BCUT2D eigenvalue weighted by Gasteiger charge is 2.49. The maximum Gasteiger partial charge on any atom is 0.434 e. The lowest BCUT2D eigenvalue weighted by Gasteiger charge is -2.37. The van der Waals surface area contributed by atoms with E-state index in [0.29, 0.717) is 22.4 Å². The molecule has 4 rings (SSSR count). The molecule has 0 aliphatic carbocycles. The summed E-state index contributed by atoms with van der Waals surface area (Å²) in [5, 5.41) is 4.32. The van der Waals surface area contributed by atoms with E-state index in [9.17, 15) is 27.2 Å². The molecule has 0 aromatic heterocycles. The number of hydrogen-bond donors (Lipinski definition) is 1. The van der Waals surface area contributed by atoms with Crippen LogP contribution in [0.15, 0.2) is 69.8 Å². The van der Waals surface area contributed by atoms with Gasteiger partial charge < -0.3 is 15.0 Å². The van der Waals surface area contributed by atoms with E-state index in [2.05, 4.69) is 10.3 Å². The minimum Gasteiger partial charge on any atom is -0.463 e. The molecule has 0 saturated heterocycles. The number of esters is 1. The maximum absolute atomic E-state index is 14.2. The molecular weight excluding hydrogens is 522 g/mol. The quantitative estimate of drug-likeness (QED) is 0.349. The molecular formula is C27H25F4N3O3S. The monoisotopic (exact) mass is 547 g/mol. The van der Waals surface area contributed by atoms with Crippen LogP contribution in [0.1, 0.15) is 41.6 Å². The summed E-state index contributed by atoms with van der Waals surface area (Å²) in [4.78, 5) is 31.2. The Hall–Kier alpha value is -3.60. The number of nitrogens with zero attached hydrogens (tertiary/aromatic N) is 2. The summed E-state index contributed by atoms with van der Waals surface area (Å²) in [7, 11) is 0. The molecule has 2 aliphatic rings. The minimum absolute atomic E-state index is 0.0117. The van der Waals surface area contributed by atoms with Crippen LogP contribution in [0.25, 0.3) is 0 Å². The Bertz CT molecular complexity index is 1350. The molecule has 1 unspecified atom stereocenters. The van der Waals surface area contributed by atoms with Crippen LogP contribution < -0.4 is 5.32 Å². The smallest absolute Gasteiger partial charge is 0.434 e. The van der Waals surface area contributed by atoms with Crippen molar-refractivity contribution in [2.45, 2.75) is 46.0 Å². The number of aliphatic imine (C=N–C) groups is 1. The van der Waals surface area contributed by atoms with Crippen molar-refractivity contribution in [3.63, 3.8) is 0 Å². The Morgan fingerprint density at radius 3 is 2.50 bits per heavy atom. The number of alkyl halides is 3. The van der Waals surface area contributed by atoms with E-state index < -0.39 is 41.2 Å². The van der Waals surface area contributed by atoms with Crippen LogP contribution in [-0.4, -0.2) is 34.7 Å². The number of carbonyl (C=O) groups excluding carboxylic acids is 2. The third-order valence-corrected chi connectivity index (χ3v) is 6.94. The van der Waals surface area contributed by atoms with Gasteiger partial charge in [0, 0.05) is 12.2 Å². The summed E-state index contributed by atoms with van der Waals surface area (Å²) in [6, 6.07) is 9.77. The Morgan fingerprint density at radius 1 is 1.13 bits per heavy atom. The van der Waals surface area contributed by atoms with Gasteiger partial charge >= 0.3 is 12.1 Å². The summed E-state index contributed by atoms with van der Waals surface area (Å²) >= 11 is 0.954. The first kappa shape index (κ1) is 27.4. The van der Waals surface area contributed by atoms with Gasteiger partial charge in [-0.15, -0.1) is 0 Å². The molecule has 0 saturated carbocycles. The number of aryl methyl sites for hydroxylation is 2. The van der Waals surface area contributed by atoms with E-state index >= 15 is 0 Å². The minimum atomic E-state index is -4.91. The number of benzene rings is 2. The number of fused-ring (bicyclic) bond motifs is 1. The Labute approximate surface area is 221 Å². The van der Waals surface area contributed by atoms with Crippen molar-refractivity contribution in [2.24, 2.45) is 4.99 Å². The predicted molar refractivity (Wildman–Crippen MR) is 136 cm³/mol. The van der Waals surface area contributed by atoms with E-state index in [1.807, 2.05) is 6.07 Å². The molecule has 2 aromatic carbocycles. The van der Waals surface area contributed by atoms with E-state index in [4.69, 9.17) is 4.74 Å². The van der Waals surface area contributed by atoms with E-state index in [1.54, 1.807) is 43.5 Å². The standard InChI is InChI=1S/C27H25F4N3O3S/c1-4-37-25(36)22-23(20-11-15(2)5-6-16(20)3)34-19(14-38-26(34)33-24(22)27(29,30)31)12-21(35)32-13-17-7-9-18(28)10-8-17/h5-11,14,23H,4,12-13H2,1-3H3,(H,32,35). The van der Waals surface area contributed by atoms with Crippen LogP contribution in [0.2, 0.25) is 0 Å². The lowest BCUT2D eigenvalue weighted by atomic mass is 9.89. The summed E-state index contributed by atoms with van der Waals surface area (Å²) in [6.07, 6.45) is -5.08. The molecule has 2 heterocycles. The van der Waals surface area contributed by atoms with Crippen molar-refractivity contribution >= 4 is 28.8 Å². The highest BCUT2D eigenvalue weighted by atomic mass is 32.2. The van der Waals surface area contributed by atoms with Gasteiger partial charge in [-0.25, -0.2) is 14.2 Å². The molecule has 0 bridgehead atoms. The number of thioether (sulfide) groups is 1. The summed E-state index contributed by atoms with van der Waals surface area (Å²) in [5.74, 6) is -1.91. The molecule has 0 fully saturated rings. The fourth-order valence-corrected chi connectivity index (χ4v) is 5.19. The largest absolute Gasteiger partial charge is 0.463 e. The first-order chi connectivity index (χ1) is 18.0. The van der Waals surface area contributed by atoms with Gasteiger partial charge in [0.15, 0.2) is 10.9 Å². The molecule has 1 atom stereocenters. The lowest BCUT2D eigenvalue weighted by Crippen LogP contribution is -2.40. The van der Waals surface area contributed by atoms with Gasteiger partial charge in [0.2, 0.25) is 5.91 Å². The van der Waals surface area contributed by atoms with Gasteiger partial charge in [-0.2, -0.15) is 13.2 Å². The van der Waals surface area contributed by atoms with Crippen molar-refractivity contribution in [3.05, 3.63) is 92.9 Å². The molecule has 0 radical (unpaired) electrons. The van der Waals surface area contributed by atoms with Crippen molar-refractivity contribution in [1.29, 1.82) is 0 Å². The number of halogens is 4. The molecule has 6 nitrogen and oxygen atoms in total. The van der Waals surface area contributed by atoms with Crippen LogP contribution >= 0.6 is 11.8 Å². The third-order valence-electron chi connectivity index (χ3n) is 6.05. The van der Waals surface area contributed by atoms with Gasteiger partial charge in [-0.3, -0.25) is 4.79 Å². The first-order valence-corrected chi connectivity index (χ1v) is 12.7. The Balaban J connectivity index is 1.72. The van der Waals surface area contributed by atoms with Crippen LogP contribution in [0.4, 0.5) is 17.6 Å². The first-order valence-electron chi connectivity index (χ1n) is 11.8. The zero-order chi connectivity index (χ0) is 27.6. The number of allylic oxidation sites excluding steroid dienone is 1. The van der Waals surface area contributed by atoms with Crippen LogP contribution in [-0.2, 0) is 20.9 Å². The number of rotatable bonds is 7. The zero-order valence-electron chi connectivity index (χ0n) is 20.9. The molecule has 2 aromatic rings. The molecule has 1 amide bonds.